The number of carbonyl (C=O) groups is 1. The van der Waals surface area contributed by atoms with Gasteiger partial charge in [-0.1, -0.05) is 23.2 Å². The van der Waals surface area contributed by atoms with Gasteiger partial charge in [-0.2, -0.15) is 5.26 Å². The lowest BCUT2D eigenvalue weighted by atomic mass is 10.2. The number of rotatable bonds is 5. The summed E-state index contributed by atoms with van der Waals surface area (Å²) < 4.78 is 0. The normalized spacial score (nSPS) is 9.83. The Kier molecular flexibility index (Phi) is 5.76. The Bertz CT molecular complexity index is 460. The number of amides is 1. The molecule has 0 unspecified atom stereocenters. The Hall–Kier alpha value is -1.44. The predicted octanol–water partition coefficient (Wildman–Crippen LogP) is 3.00. The van der Waals surface area contributed by atoms with Crippen LogP contribution in [0.2, 0.25) is 10.0 Å². The standard InChI is InChI=1S/C12H13Cl2N3O/c13-9-6-8(7-10(14)11(9)16)12(18)17-5-3-1-2-4-15/h6-7H,1-3,5,16H2,(H,17,18). The van der Waals surface area contributed by atoms with Gasteiger partial charge in [-0.05, 0) is 25.0 Å². The lowest BCUT2D eigenvalue weighted by Gasteiger charge is -2.07. The Labute approximate surface area is 116 Å². The molecule has 4 nitrogen and oxygen atoms in total. The Morgan fingerprint density at radius 3 is 2.50 bits per heavy atom. The van der Waals surface area contributed by atoms with Gasteiger partial charge in [0.15, 0.2) is 0 Å². The van der Waals surface area contributed by atoms with E-state index in [9.17, 15) is 4.79 Å². The molecule has 0 fully saturated rings. The number of nitrogens with zero attached hydrogens (tertiary/aromatic N) is 1. The lowest BCUT2D eigenvalue weighted by molar-refractivity contribution is 0.0953. The molecule has 0 aromatic heterocycles. The monoisotopic (exact) mass is 285 g/mol. The minimum absolute atomic E-state index is 0.254. The van der Waals surface area contributed by atoms with Crippen molar-refractivity contribution in [1.82, 2.24) is 5.32 Å². The highest BCUT2D eigenvalue weighted by atomic mass is 35.5. The highest BCUT2D eigenvalue weighted by molar-refractivity contribution is 6.39. The van der Waals surface area contributed by atoms with Crippen LogP contribution in [0.5, 0.6) is 0 Å². The van der Waals surface area contributed by atoms with Crippen LogP contribution in [0.1, 0.15) is 29.6 Å². The van der Waals surface area contributed by atoms with E-state index in [-0.39, 0.29) is 21.6 Å². The molecule has 0 radical (unpaired) electrons. The molecule has 1 aromatic rings. The molecule has 1 rings (SSSR count). The quantitative estimate of drug-likeness (QED) is 0.645. The minimum atomic E-state index is -0.254. The summed E-state index contributed by atoms with van der Waals surface area (Å²) in [4.78, 5) is 11.8. The SMILES string of the molecule is N#CCCCCNC(=O)c1cc(Cl)c(N)c(Cl)c1. The summed E-state index contributed by atoms with van der Waals surface area (Å²) in [6, 6.07) is 5.01. The first-order chi connectivity index (χ1) is 8.56. The fourth-order valence-corrected chi connectivity index (χ4v) is 1.84. The highest BCUT2D eigenvalue weighted by Gasteiger charge is 2.10. The van der Waals surface area contributed by atoms with Gasteiger partial charge >= 0.3 is 0 Å². The molecule has 0 aliphatic rings. The summed E-state index contributed by atoms with van der Waals surface area (Å²) in [6.07, 6.45) is 2.02. The minimum Gasteiger partial charge on any atom is -0.396 e. The van der Waals surface area contributed by atoms with E-state index in [1.165, 1.54) is 12.1 Å². The molecule has 0 spiro atoms. The zero-order chi connectivity index (χ0) is 13.5. The summed E-state index contributed by atoms with van der Waals surface area (Å²) in [6.45, 7) is 0.514. The van der Waals surface area contributed by atoms with Gasteiger partial charge < -0.3 is 11.1 Å². The van der Waals surface area contributed by atoms with Crippen LogP contribution in [0.4, 0.5) is 5.69 Å². The molecule has 0 saturated heterocycles. The third kappa shape index (κ3) is 4.10. The summed E-state index contributed by atoms with van der Waals surface area (Å²) in [5.74, 6) is -0.254. The van der Waals surface area contributed by atoms with Crippen molar-refractivity contribution < 1.29 is 4.79 Å². The number of unbranched alkanes of at least 4 members (excludes halogenated alkanes) is 2. The summed E-state index contributed by atoms with van der Waals surface area (Å²) >= 11 is 11.7. The maximum atomic E-state index is 11.8. The van der Waals surface area contributed by atoms with Crippen LogP contribution in [-0.2, 0) is 0 Å². The summed E-state index contributed by atoms with van der Waals surface area (Å²) in [5.41, 5.74) is 6.22. The Morgan fingerprint density at radius 2 is 1.94 bits per heavy atom. The Balaban J connectivity index is 2.55. The van der Waals surface area contributed by atoms with Crippen molar-refractivity contribution in [3.63, 3.8) is 0 Å². The van der Waals surface area contributed by atoms with E-state index in [1.807, 2.05) is 6.07 Å². The van der Waals surface area contributed by atoms with Gasteiger partial charge in [-0.3, -0.25) is 4.79 Å². The molecule has 0 atom stereocenters. The average Bonchev–Trinajstić information content (AvgIpc) is 2.34. The zero-order valence-corrected chi connectivity index (χ0v) is 11.2. The molecule has 1 amide bonds. The van der Waals surface area contributed by atoms with E-state index in [1.54, 1.807) is 0 Å². The van der Waals surface area contributed by atoms with Gasteiger partial charge in [0.05, 0.1) is 21.8 Å². The van der Waals surface area contributed by atoms with Gasteiger partial charge in [0.25, 0.3) is 5.91 Å². The van der Waals surface area contributed by atoms with Crippen molar-refractivity contribution in [3.05, 3.63) is 27.7 Å². The second kappa shape index (κ2) is 7.10. The average molecular weight is 286 g/mol. The maximum absolute atomic E-state index is 11.8. The zero-order valence-electron chi connectivity index (χ0n) is 9.67. The number of nitrogens with two attached hydrogens (primary N) is 1. The van der Waals surface area contributed by atoms with Gasteiger partial charge in [0.2, 0.25) is 0 Å². The number of halogens is 2. The first-order valence-electron chi connectivity index (χ1n) is 5.46. The number of benzene rings is 1. The summed E-state index contributed by atoms with van der Waals surface area (Å²) in [5, 5.41) is 11.6. The second-order valence-electron chi connectivity index (χ2n) is 3.72. The van der Waals surface area contributed by atoms with Gasteiger partial charge in [0.1, 0.15) is 0 Å². The lowest BCUT2D eigenvalue weighted by Crippen LogP contribution is -2.24. The van der Waals surface area contributed by atoms with E-state index in [2.05, 4.69) is 5.32 Å². The first kappa shape index (κ1) is 14.6. The van der Waals surface area contributed by atoms with Crippen molar-refractivity contribution in [2.75, 3.05) is 12.3 Å². The number of hydrogen-bond acceptors (Lipinski definition) is 3. The highest BCUT2D eigenvalue weighted by Crippen LogP contribution is 2.28. The van der Waals surface area contributed by atoms with Crippen LogP contribution in [0, 0.1) is 11.3 Å². The third-order valence-electron chi connectivity index (χ3n) is 2.34. The van der Waals surface area contributed by atoms with Gasteiger partial charge in [-0.15, -0.1) is 0 Å². The van der Waals surface area contributed by atoms with E-state index in [4.69, 9.17) is 34.2 Å². The molecule has 0 heterocycles. The topological polar surface area (TPSA) is 78.9 Å². The van der Waals surface area contributed by atoms with Crippen LogP contribution < -0.4 is 11.1 Å². The van der Waals surface area contributed by atoms with E-state index >= 15 is 0 Å². The van der Waals surface area contributed by atoms with Crippen LogP contribution in [0.15, 0.2) is 12.1 Å². The number of nitrogens with one attached hydrogen (secondary N) is 1. The van der Waals surface area contributed by atoms with Crippen LogP contribution >= 0.6 is 23.2 Å². The fraction of sp³-hybridized carbons (Fsp3) is 0.333. The van der Waals surface area contributed by atoms with Crippen LogP contribution in [0.25, 0.3) is 0 Å². The molecular formula is C12H13Cl2N3O. The fourth-order valence-electron chi connectivity index (χ4n) is 1.35. The van der Waals surface area contributed by atoms with Crippen molar-refractivity contribution in [2.24, 2.45) is 0 Å². The molecule has 0 aliphatic heterocycles. The van der Waals surface area contributed by atoms with E-state index < -0.39 is 0 Å². The van der Waals surface area contributed by atoms with E-state index in [0.29, 0.717) is 18.5 Å². The number of anilines is 1. The molecule has 3 N–H and O–H groups in total. The van der Waals surface area contributed by atoms with Crippen molar-refractivity contribution >= 4 is 34.8 Å². The third-order valence-corrected chi connectivity index (χ3v) is 2.97. The van der Waals surface area contributed by atoms with Crippen LogP contribution in [-0.4, -0.2) is 12.5 Å². The van der Waals surface area contributed by atoms with Crippen molar-refractivity contribution in [3.8, 4) is 6.07 Å². The molecule has 0 bridgehead atoms. The number of hydrogen-bond donors (Lipinski definition) is 2. The molecule has 96 valence electrons. The number of carbonyl (C=O) groups excluding carboxylic acids is 1. The van der Waals surface area contributed by atoms with Crippen LogP contribution in [0.3, 0.4) is 0 Å². The van der Waals surface area contributed by atoms with Crippen molar-refractivity contribution in [1.29, 1.82) is 5.26 Å². The predicted molar refractivity (Wildman–Crippen MR) is 72.7 cm³/mol. The number of nitrogen functional groups attached to an aromatic ring is 1. The molecule has 1 aromatic carbocycles. The van der Waals surface area contributed by atoms with Crippen molar-refractivity contribution in [2.45, 2.75) is 19.3 Å². The Morgan fingerprint density at radius 1 is 1.33 bits per heavy atom. The summed E-state index contributed by atoms with van der Waals surface area (Å²) in [7, 11) is 0. The molecule has 0 aliphatic carbocycles. The molecular weight excluding hydrogens is 273 g/mol. The van der Waals surface area contributed by atoms with Gasteiger partial charge in [0, 0.05) is 18.5 Å². The first-order valence-corrected chi connectivity index (χ1v) is 6.21. The molecule has 0 saturated carbocycles. The van der Waals surface area contributed by atoms with E-state index in [0.717, 1.165) is 12.8 Å². The molecule has 18 heavy (non-hydrogen) atoms. The second-order valence-corrected chi connectivity index (χ2v) is 4.54. The van der Waals surface area contributed by atoms with Gasteiger partial charge in [-0.25, -0.2) is 0 Å². The largest absolute Gasteiger partial charge is 0.396 e. The smallest absolute Gasteiger partial charge is 0.251 e. The number of nitriles is 1. The maximum Gasteiger partial charge on any atom is 0.251 e. The molecule has 6 heteroatoms.